The van der Waals surface area contributed by atoms with Crippen molar-refractivity contribution in [1.29, 1.82) is 0 Å². The molecular weight excluding hydrogens is 321 g/mol. The van der Waals surface area contributed by atoms with Crippen LogP contribution in [-0.4, -0.2) is 37.2 Å². The third-order valence-corrected chi connectivity index (χ3v) is 4.25. The van der Waals surface area contributed by atoms with Crippen molar-refractivity contribution in [3.05, 3.63) is 65.5 Å². The summed E-state index contributed by atoms with van der Waals surface area (Å²) in [5, 5.41) is 0. The summed E-state index contributed by atoms with van der Waals surface area (Å²) >= 11 is 0. The van der Waals surface area contributed by atoms with E-state index in [1.165, 1.54) is 11.0 Å². The van der Waals surface area contributed by atoms with Gasteiger partial charge in [0.15, 0.2) is 0 Å². The molecule has 1 saturated heterocycles. The van der Waals surface area contributed by atoms with Crippen LogP contribution in [0.15, 0.2) is 48.5 Å². The van der Waals surface area contributed by atoms with Gasteiger partial charge in [0, 0.05) is 31.3 Å². The highest BCUT2D eigenvalue weighted by Gasteiger charge is 2.17. The molecule has 1 atom stereocenters. The van der Waals surface area contributed by atoms with Gasteiger partial charge in [-0.05, 0) is 37.1 Å². The maximum Gasteiger partial charge on any atom is 0.254 e. The van der Waals surface area contributed by atoms with Crippen molar-refractivity contribution in [1.82, 2.24) is 4.90 Å². The largest absolute Gasteiger partial charge is 0.491 e. The lowest BCUT2D eigenvalue weighted by molar-refractivity contribution is 0.0678. The molecule has 0 saturated carbocycles. The van der Waals surface area contributed by atoms with E-state index in [4.69, 9.17) is 9.47 Å². The van der Waals surface area contributed by atoms with Crippen LogP contribution in [0.3, 0.4) is 0 Å². The molecule has 25 heavy (non-hydrogen) atoms. The average molecular weight is 343 g/mol. The Morgan fingerprint density at radius 1 is 1.28 bits per heavy atom. The Hall–Kier alpha value is -2.40. The molecule has 1 fully saturated rings. The van der Waals surface area contributed by atoms with Crippen molar-refractivity contribution in [3.8, 4) is 5.75 Å². The molecular formula is C20H22FNO3. The molecule has 3 rings (SSSR count). The maximum absolute atomic E-state index is 13.8. The quantitative estimate of drug-likeness (QED) is 0.803. The van der Waals surface area contributed by atoms with Crippen molar-refractivity contribution >= 4 is 5.91 Å². The summed E-state index contributed by atoms with van der Waals surface area (Å²) in [6.45, 7) is 1.49. The topological polar surface area (TPSA) is 38.8 Å². The van der Waals surface area contributed by atoms with Gasteiger partial charge in [0.2, 0.25) is 0 Å². The summed E-state index contributed by atoms with van der Waals surface area (Å²) in [6.07, 6.45) is 2.19. The Morgan fingerprint density at radius 2 is 2.12 bits per heavy atom. The highest BCUT2D eigenvalue weighted by molar-refractivity contribution is 5.94. The van der Waals surface area contributed by atoms with E-state index >= 15 is 0 Å². The number of benzene rings is 2. The first kappa shape index (κ1) is 17.4. The Bertz CT molecular complexity index is 728. The fraction of sp³-hybridized carbons (Fsp3) is 0.350. The number of nitrogens with zero attached hydrogens (tertiary/aromatic N) is 1. The maximum atomic E-state index is 13.8. The molecule has 1 aliphatic rings. The summed E-state index contributed by atoms with van der Waals surface area (Å²) in [5.41, 5.74) is 1.01. The zero-order valence-corrected chi connectivity index (χ0v) is 14.3. The van der Waals surface area contributed by atoms with Gasteiger partial charge in [0.25, 0.3) is 5.91 Å². The van der Waals surface area contributed by atoms with E-state index in [0.29, 0.717) is 23.5 Å². The molecule has 1 unspecified atom stereocenters. The number of hydrogen-bond acceptors (Lipinski definition) is 3. The van der Waals surface area contributed by atoms with Crippen LogP contribution in [0, 0.1) is 5.82 Å². The second kappa shape index (κ2) is 8.12. The lowest BCUT2D eigenvalue weighted by atomic mass is 10.1. The predicted molar refractivity (Wildman–Crippen MR) is 93.1 cm³/mol. The van der Waals surface area contributed by atoms with Crippen LogP contribution in [0.5, 0.6) is 5.75 Å². The summed E-state index contributed by atoms with van der Waals surface area (Å²) < 4.78 is 25.0. The lowest BCUT2D eigenvalue weighted by Crippen LogP contribution is -2.26. The van der Waals surface area contributed by atoms with E-state index in [0.717, 1.165) is 19.4 Å². The number of amides is 1. The van der Waals surface area contributed by atoms with E-state index in [1.54, 1.807) is 43.4 Å². The number of halogens is 1. The zero-order chi connectivity index (χ0) is 17.6. The van der Waals surface area contributed by atoms with Gasteiger partial charge in [0.05, 0.1) is 6.10 Å². The third kappa shape index (κ3) is 4.57. The van der Waals surface area contributed by atoms with Crippen LogP contribution in [0.1, 0.15) is 28.8 Å². The minimum Gasteiger partial charge on any atom is -0.491 e. The second-order valence-corrected chi connectivity index (χ2v) is 6.23. The fourth-order valence-corrected chi connectivity index (χ4v) is 2.86. The molecule has 1 aliphatic heterocycles. The minimum absolute atomic E-state index is 0.128. The molecule has 0 bridgehead atoms. The molecule has 0 radical (unpaired) electrons. The van der Waals surface area contributed by atoms with E-state index in [1.807, 2.05) is 6.07 Å². The van der Waals surface area contributed by atoms with E-state index in [-0.39, 0.29) is 24.4 Å². The molecule has 1 heterocycles. The summed E-state index contributed by atoms with van der Waals surface area (Å²) in [5.74, 6) is 0.155. The van der Waals surface area contributed by atoms with Gasteiger partial charge in [-0.3, -0.25) is 4.79 Å². The highest BCUT2D eigenvalue weighted by Crippen LogP contribution is 2.19. The fourth-order valence-electron chi connectivity index (χ4n) is 2.86. The molecule has 1 amide bonds. The first-order valence-electron chi connectivity index (χ1n) is 8.47. The van der Waals surface area contributed by atoms with Crippen LogP contribution >= 0.6 is 0 Å². The van der Waals surface area contributed by atoms with Gasteiger partial charge in [-0.2, -0.15) is 0 Å². The van der Waals surface area contributed by atoms with Crippen LogP contribution < -0.4 is 4.74 Å². The summed E-state index contributed by atoms with van der Waals surface area (Å²) in [6, 6.07) is 13.5. The smallest absolute Gasteiger partial charge is 0.254 e. The highest BCUT2D eigenvalue weighted by atomic mass is 19.1. The van der Waals surface area contributed by atoms with E-state index < -0.39 is 0 Å². The number of ether oxygens (including phenoxy) is 2. The first-order valence-corrected chi connectivity index (χ1v) is 8.47. The Balaban J connectivity index is 1.62. The molecule has 0 N–H and O–H groups in total. The monoisotopic (exact) mass is 343 g/mol. The second-order valence-electron chi connectivity index (χ2n) is 6.23. The average Bonchev–Trinajstić information content (AvgIpc) is 3.15. The number of carbonyl (C=O) groups excluding carboxylic acids is 1. The molecule has 5 heteroatoms. The Morgan fingerprint density at radius 3 is 2.88 bits per heavy atom. The van der Waals surface area contributed by atoms with E-state index in [9.17, 15) is 9.18 Å². The molecule has 2 aromatic carbocycles. The van der Waals surface area contributed by atoms with Gasteiger partial charge >= 0.3 is 0 Å². The molecule has 132 valence electrons. The van der Waals surface area contributed by atoms with Gasteiger partial charge in [-0.25, -0.2) is 4.39 Å². The van der Waals surface area contributed by atoms with Crippen molar-refractivity contribution in [3.63, 3.8) is 0 Å². The van der Waals surface area contributed by atoms with Crippen molar-refractivity contribution < 1.29 is 18.7 Å². The number of carbonyl (C=O) groups is 1. The minimum atomic E-state index is -0.309. The molecule has 4 nitrogen and oxygen atoms in total. The van der Waals surface area contributed by atoms with Gasteiger partial charge in [-0.15, -0.1) is 0 Å². The number of hydrogen-bond donors (Lipinski definition) is 0. The Kier molecular flexibility index (Phi) is 5.66. The van der Waals surface area contributed by atoms with Crippen molar-refractivity contribution in [2.45, 2.75) is 25.5 Å². The first-order chi connectivity index (χ1) is 12.1. The molecule has 2 aromatic rings. The number of rotatable bonds is 6. The molecule has 0 spiro atoms. The van der Waals surface area contributed by atoms with Gasteiger partial charge in [0.1, 0.15) is 18.2 Å². The third-order valence-electron chi connectivity index (χ3n) is 4.25. The van der Waals surface area contributed by atoms with Crippen molar-refractivity contribution in [2.75, 3.05) is 20.3 Å². The van der Waals surface area contributed by atoms with E-state index in [2.05, 4.69) is 0 Å². The van der Waals surface area contributed by atoms with Gasteiger partial charge in [-0.1, -0.05) is 24.3 Å². The lowest BCUT2D eigenvalue weighted by Gasteiger charge is -2.18. The van der Waals surface area contributed by atoms with Crippen LogP contribution in [0.4, 0.5) is 4.39 Å². The molecule has 0 aliphatic carbocycles. The summed E-state index contributed by atoms with van der Waals surface area (Å²) in [4.78, 5) is 14.1. The standard InChI is InChI=1S/C20H22FNO3/c1-22(13-16-6-2-3-10-19(16)21)20(23)15-7-4-8-17(12-15)25-14-18-9-5-11-24-18/h2-4,6-8,10,12,18H,5,9,11,13-14H2,1H3. The van der Waals surface area contributed by atoms with Crippen LogP contribution in [-0.2, 0) is 11.3 Å². The zero-order valence-electron chi connectivity index (χ0n) is 14.3. The SMILES string of the molecule is CN(Cc1ccccc1F)C(=O)c1cccc(OCC2CCCO2)c1. The summed E-state index contributed by atoms with van der Waals surface area (Å²) in [7, 11) is 1.66. The molecule has 0 aromatic heterocycles. The Labute approximate surface area is 147 Å². The normalized spacial score (nSPS) is 16.6. The predicted octanol–water partition coefficient (Wildman–Crippen LogP) is 3.66. The van der Waals surface area contributed by atoms with Crippen LogP contribution in [0.25, 0.3) is 0 Å². The van der Waals surface area contributed by atoms with Crippen molar-refractivity contribution in [2.24, 2.45) is 0 Å². The van der Waals surface area contributed by atoms with Crippen LogP contribution in [0.2, 0.25) is 0 Å². The van der Waals surface area contributed by atoms with Gasteiger partial charge < -0.3 is 14.4 Å².